The van der Waals surface area contributed by atoms with E-state index in [1.807, 2.05) is 0 Å². The van der Waals surface area contributed by atoms with Gasteiger partial charge in [0.05, 0.1) is 5.56 Å². The van der Waals surface area contributed by atoms with Crippen LogP contribution in [0.3, 0.4) is 0 Å². The van der Waals surface area contributed by atoms with Crippen LogP contribution in [0.2, 0.25) is 10.0 Å². The van der Waals surface area contributed by atoms with Crippen LogP contribution in [0.1, 0.15) is 36.0 Å². The Morgan fingerprint density at radius 1 is 1.03 bits per heavy atom. The fourth-order valence-electron chi connectivity index (χ4n) is 4.34. The minimum Gasteiger partial charge on any atom is -0.370 e. The van der Waals surface area contributed by atoms with Gasteiger partial charge in [-0.2, -0.15) is 26.3 Å². The maximum absolute atomic E-state index is 14.3. The zero-order valence-corrected chi connectivity index (χ0v) is 19.2. The smallest absolute Gasteiger partial charge is 0.370 e. The first-order valence-electron chi connectivity index (χ1n) is 10.6. The summed E-state index contributed by atoms with van der Waals surface area (Å²) in [7, 11) is 0. The van der Waals surface area contributed by atoms with Gasteiger partial charge in [-0.1, -0.05) is 29.3 Å². The van der Waals surface area contributed by atoms with Gasteiger partial charge >= 0.3 is 12.4 Å². The number of halogens is 8. The second-order valence-electron chi connectivity index (χ2n) is 8.74. The highest BCUT2D eigenvalue weighted by Gasteiger charge is 2.59. The molecule has 1 unspecified atom stereocenters. The highest BCUT2D eigenvalue weighted by Crippen LogP contribution is 2.50. The summed E-state index contributed by atoms with van der Waals surface area (Å²) < 4.78 is 84.2. The highest BCUT2D eigenvalue weighted by molar-refractivity contribution is 6.34. The number of hydrogen-bond donors (Lipinski definition) is 1. The van der Waals surface area contributed by atoms with Gasteiger partial charge in [-0.15, -0.1) is 0 Å². The summed E-state index contributed by atoms with van der Waals surface area (Å²) in [4.78, 5) is 13.1. The molecule has 1 heterocycles. The standard InChI is InChI=1S/C23H20Cl2F6N2O/c24-16-7-15(8-17(25)9-16)21(23(29,30)31)5-6-33(12-21)18-4-3-14(19(10-18)22(26,27)28)11-32-20(34)13-1-2-13/h3-4,7-10,13H,1-2,5-6,11-12H2,(H,32,34). The lowest BCUT2D eigenvalue weighted by molar-refractivity contribution is -0.184. The molecule has 2 aromatic carbocycles. The Morgan fingerprint density at radius 3 is 2.24 bits per heavy atom. The van der Waals surface area contributed by atoms with E-state index in [1.54, 1.807) is 0 Å². The van der Waals surface area contributed by atoms with Crippen LogP contribution in [0, 0.1) is 5.92 Å². The van der Waals surface area contributed by atoms with E-state index >= 15 is 0 Å². The maximum atomic E-state index is 14.3. The Balaban J connectivity index is 1.64. The van der Waals surface area contributed by atoms with Crippen molar-refractivity contribution >= 4 is 34.8 Å². The molecule has 1 N–H and O–H groups in total. The van der Waals surface area contributed by atoms with Gasteiger partial charge in [0.15, 0.2) is 0 Å². The largest absolute Gasteiger partial charge is 0.416 e. The molecule has 1 amide bonds. The third-order valence-corrected chi connectivity index (χ3v) is 6.83. The molecule has 0 aromatic heterocycles. The van der Waals surface area contributed by atoms with Crippen LogP contribution in [0.5, 0.6) is 0 Å². The number of carbonyl (C=O) groups excluding carboxylic acids is 1. The van der Waals surface area contributed by atoms with Crippen LogP contribution in [0.15, 0.2) is 36.4 Å². The van der Waals surface area contributed by atoms with Crippen molar-refractivity contribution in [1.82, 2.24) is 5.32 Å². The molecule has 0 bridgehead atoms. The Morgan fingerprint density at radius 2 is 1.68 bits per heavy atom. The molecule has 3 nitrogen and oxygen atoms in total. The summed E-state index contributed by atoms with van der Waals surface area (Å²) in [6, 6.07) is 7.10. The first kappa shape index (κ1) is 25.0. The molecule has 2 aromatic rings. The first-order valence-corrected chi connectivity index (χ1v) is 11.3. The average Bonchev–Trinajstić information content (AvgIpc) is 3.47. The van der Waals surface area contributed by atoms with Crippen LogP contribution in [-0.4, -0.2) is 25.2 Å². The van der Waals surface area contributed by atoms with Crippen LogP contribution in [0.25, 0.3) is 0 Å². The van der Waals surface area contributed by atoms with Gasteiger partial charge in [-0.25, -0.2) is 0 Å². The summed E-state index contributed by atoms with van der Waals surface area (Å²) in [6.07, 6.45) is -8.37. The van der Waals surface area contributed by atoms with E-state index in [2.05, 4.69) is 5.32 Å². The van der Waals surface area contributed by atoms with Gasteiger partial charge in [0, 0.05) is 41.3 Å². The molecule has 34 heavy (non-hydrogen) atoms. The van der Waals surface area contributed by atoms with Crippen molar-refractivity contribution in [2.45, 2.75) is 43.6 Å². The Hall–Kier alpha value is -2.13. The van der Waals surface area contributed by atoms with Crippen molar-refractivity contribution in [3.8, 4) is 0 Å². The van der Waals surface area contributed by atoms with Crippen molar-refractivity contribution in [3.05, 3.63) is 63.1 Å². The number of amides is 1. The molecule has 0 radical (unpaired) electrons. The van der Waals surface area contributed by atoms with Gasteiger partial charge in [0.1, 0.15) is 5.41 Å². The summed E-state index contributed by atoms with van der Waals surface area (Å²) in [5.74, 6) is -0.458. The maximum Gasteiger partial charge on any atom is 0.416 e. The van der Waals surface area contributed by atoms with E-state index in [4.69, 9.17) is 23.2 Å². The topological polar surface area (TPSA) is 32.3 Å². The normalized spacial score (nSPS) is 21.1. The van der Waals surface area contributed by atoms with E-state index in [0.717, 1.165) is 6.07 Å². The molecule has 2 fully saturated rings. The van der Waals surface area contributed by atoms with Gasteiger partial charge in [-0.05, 0) is 60.7 Å². The molecule has 1 saturated heterocycles. The van der Waals surface area contributed by atoms with Crippen molar-refractivity contribution in [3.63, 3.8) is 0 Å². The minimum absolute atomic E-state index is 0.0174. The number of alkyl halides is 6. The van der Waals surface area contributed by atoms with Crippen molar-refractivity contribution in [2.75, 3.05) is 18.0 Å². The fraction of sp³-hybridized carbons (Fsp3) is 0.435. The van der Waals surface area contributed by atoms with Crippen molar-refractivity contribution in [2.24, 2.45) is 5.92 Å². The molecule has 0 spiro atoms. The Bertz CT molecular complexity index is 1080. The first-order chi connectivity index (χ1) is 15.8. The van der Waals surface area contributed by atoms with E-state index in [0.29, 0.717) is 12.8 Å². The van der Waals surface area contributed by atoms with E-state index in [-0.39, 0.29) is 58.2 Å². The number of anilines is 1. The Labute approximate surface area is 202 Å². The molecule has 184 valence electrons. The molecule has 1 atom stereocenters. The molecule has 4 rings (SSSR count). The van der Waals surface area contributed by atoms with Crippen LogP contribution in [-0.2, 0) is 22.9 Å². The molecule has 11 heteroatoms. The number of rotatable bonds is 5. The number of nitrogens with one attached hydrogen (secondary N) is 1. The molecular weight excluding hydrogens is 505 g/mol. The van der Waals surface area contributed by atoms with E-state index in [1.165, 1.54) is 35.2 Å². The second-order valence-corrected chi connectivity index (χ2v) is 9.61. The van der Waals surface area contributed by atoms with Gasteiger partial charge < -0.3 is 10.2 Å². The van der Waals surface area contributed by atoms with Crippen molar-refractivity contribution in [1.29, 1.82) is 0 Å². The second kappa shape index (κ2) is 8.82. The fourth-order valence-corrected chi connectivity index (χ4v) is 4.87. The van der Waals surface area contributed by atoms with E-state index in [9.17, 15) is 31.1 Å². The lowest BCUT2D eigenvalue weighted by atomic mass is 9.79. The molecule has 2 aliphatic rings. The lowest BCUT2D eigenvalue weighted by Crippen LogP contribution is -2.45. The average molecular weight is 525 g/mol. The van der Waals surface area contributed by atoms with Crippen LogP contribution >= 0.6 is 23.2 Å². The molecule has 1 aliphatic heterocycles. The van der Waals surface area contributed by atoms with Gasteiger partial charge in [-0.3, -0.25) is 4.79 Å². The van der Waals surface area contributed by atoms with Crippen LogP contribution < -0.4 is 10.2 Å². The number of carbonyl (C=O) groups is 1. The quantitative estimate of drug-likeness (QED) is 0.439. The minimum atomic E-state index is -4.74. The number of hydrogen-bond acceptors (Lipinski definition) is 2. The monoisotopic (exact) mass is 524 g/mol. The lowest BCUT2D eigenvalue weighted by Gasteiger charge is -2.33. The van der Waals surface area contributed by atoms with Gasteiger partial charge in [0.25, 0.3) is 0 Å². The third-order valence-electron chi connectivity index (χ3n) is 6.39. The number of nitrogens with zero attached hydrogens (tertiary/aromatic N) is 1. The molecule has 1 saturated carbocycles. The summed E-state index contributed by atoms with van der Waals surface area (Å²) in [6.45, 7) is -1.00. The van der Waals surface area contributed by atoms with Crippen molar-refractivity contribution < 1.29 is 31.1 Å². The zero-order valence-electron chi connectivity index (χ0n) is 17.7. The zero-order chi connectivity index (χ0) is 24.9. The summed E-state index contributed by atoms with van der Waals surface area (Å²) in [5.41, 5.74) is -3.58. The predicted molar refractivity (Wildman–Crippen MR) is 117 cm³/mol. The summed E-state index contributed by atoms with van der Waals surface area (Å²) >= 11 is 11.9. The van der Waals surface area contributed by atoms with Crippen LogP contribution in [0.4, 0.5) is 32.0 Å². The summed E-state index contributed by atoms with van der Waals surface area (Å²) in [5, 5.41) is 2.59. The molecular formula is C23H20Cl2F6N2O. The molecule has 1 aliphatic carbocycles. The van der Waals surface area contributed by atoms with E-state index < -0.39 is 29.9 Å². The third kappa shape index (κ3) is 4.96. The number of benzene rings is 2. The predicted octanol–water partition coefficient (Wildman–Crippen LogP) is 6.75. The highest BCUT2D eigenvalue weighted by atomic mass is 35.5. The SMILES string of the molecule is O=C(NCc1ccc(N2CCC(c3cc(Cl)cc(Cl)c3)(C(F)(F)F)C2)cc1C(F)(F)F)C1CC1. The van der Waals surface area contributed by atoms with Gasteiger partial charge in [0.2, 0.25) is 5.91 Å². The Kier molecular flexibility index (Phi) is 6.48.